The van der Waals surface area contributed by atoms with Crippen molar-refractivity contribution >= 4 is 0 Å². The van der Waals surface area contributed by atoms with Gasteiger partial charge in [0, 0.05) is 6.20 Å². The molecular weight excluding hydrogens is 308 g/mol. The van der Waals surface area contributed by atoms with Crippen molar-refractivity contribution in [2.75, 3.05) is 0 Å². The molecule has 0 aliphatic rings. The molecule has 0 amide bonds. The van der Waals surface area contributed by atoms with E-state index < -0.39 is 0 Å². The molecule has 0 N–H and O–H groups in total. The van der Waals surface area contributed by atoms with Crippen LogP contribution in [-0.4, -0.2) is 20.0 Å². The minimum atomic E-state index is 0.433. The molecule has 0 saturated carbocycles. The molecule has 1 aromatic carbocycles. The van der Waals surface area contributed by atoms with Gasteiger partial charge in [-0.15, -0.1) is 5.10 Å². The quantitative estimate of drug-likeness (QED) is 0.590. The zero-order valence-corrected chi connectivity index (χ0v) is 15.3. The second-order valence-electron chi connectivity index (χ2n) is 7.70. The van der Waals surface area contributed by atoms with Crippen molar-refractivity contribution in [3.05, 3.63) is 60.4 Å². The molecule has 2 heterocycles. The minimum absolute atomic E-state index is 0.433. The molecule has 25 heavy (non-hydrogen) atoms. The van der Waals surface area contributed by atoms with Crippen molar-refractivity contribution in [2.24, 2.45) is 5.41 Å². The Morgan fingerprint density at radius 2 is 1.72 bits per heavy atom. The summed E-state index contributed by atoms with van der Waals surface area (Å²) in [5.41, 5.74) is 4.45. The fourth-order valence-electron chi connectivity index (χ4n) is 2.82. The predicted molar refractivity (Wildman–Crippen MR) is 102 cm³/mol. The third kappa shape index (κ3) is 4.99. The van der Waals surface area contributed by atoms with Gasteiger partial charge >= 0.3 is 0 Å². The normalized spacial score (nSPS) is 11.6. The Balaban J connectivity index is 1.60. The van der Waals surface area contributed by atoms with Crippen molar-refractivity contribution in [1.82, 2.24) is 20.0 Å². The summed E-state index contributed by atoms with van der Waals surface area (Å²) in [4.78, 5) is 4.31. The smallest absolute Gasteiger partial charge is 0.131 e. The third-order valence-corrected chi connectivity index (χ3v) is 4.26. The fraction of sp³-hybridized carbons (Fsp3) is 0.381. The Labute approximate surface area is 149 Å². The second kappa shape index (κ2) is 7.60. The Hall–Kier alpha value is -2.49. The summed E-state index contributed by atoms with van der Waals surface area (Å²) in [6, 6.07) is 14.4. The lowest BCUT2D eigenvalue weighted by Gasteiger charge is -2.17. The van der Waals surface area contributed by atoms with Crippen LogP contribution in [0.5, 0.6) is 0 Å². The van der Waals surface area contributed by atoms with E-state index in [1.54, 1.807) is 10.9 Å². The van der Waals surface area contributed by atoms with Crippen LogP contribution in [0.1, 0.15) is 45.6 Å². The lowest BCUT2D eigenvalue weighted by molar-refractivity contribution is 0.360. The van der Waals surface area contributed by atoms with Gasteiger partial charge in [-0.3, -0.25) is 4.98 Å². The first kappa shape index (κ1) is 17.3. The standard InChI is InChI=1S/C21H26N4/c1-21(2,3)14-6-4-8-17-10-12-18(13-11-17)25-16-20(23-24-25)19-9-5-7-15-22-19/h5,7,9-13,15-16H,4,6,8,14H2,1-3H3. The summed E-state index contributed by atoms with van der Waals surface area (Å²) in [5.74, 6) is 0. The molecule has 0 aliphatic carbocycles. The number of hydrogen-bond acceptors (Lipinski definition) is 3. The van der Waals surface area contributed by atoms with E-state index in [9.17, 15) is 0 Å². The lowest BCUT2D eigenvalue weighted by Crippen LogP contribution is -2.04. The number of aromatic nitrogens is 4. The first-order valence-electron chi connectivity index (χ1n) is 8.94. The highest BCUT2D eigenvalue weighted by atomic mass is 15.4. The van der Waals surface area contributed by atoms with Gasteiger partial charge in [0.1, 0.15) is 5.69 Å². The largest absolute Gasteiger partial charge is 0.254 e. The highest BCUT2D eigenvalue weighted by molar-refractivity contribution is 5.52. The maximum Gasteiger partial charge on any atom is 0.131 e. The number of nitrogens with zero attached hydrogens (tertiary/aromatic N) is 4. The van der Waals surface area contributed by atoms with Gasteiger partial charge in [0.15, 0.2) is 0 Å². The van der Waals surface area contributed by atoms with E-state index in [0.717, 1.165) is 23.5 Å². The van der Waals surface area contributed by atoms with Crippen LogP contribution in [0, 0.1) is 5.41 Å². The monoisotopic (exact) mass is 334 g/mol. The van der Waals surface area contributed by atoms with Gasteiger partial charge in [0.05, 0.1) is 17.6 Å². The van der Waals surface area contributed by atoms with E-state index in [-0.39, 0.29) is 0 Å². The molecule has 0 spiro atoms. The van der Waals surface area contributed by atoms with Crippen molar-refractivity contribution < 1.29 is 0 Å². The molecule has 0 saturated heterocycles. The Bertz CT molecular complexity index is 783. The van der Waals surface area contributed by atoms with E-state index in [1.807, 2.05) is 24.4 Å². The summed E-state index contributed by atoms with van der Waals surface area (Å²) in [6.45, 7) is 6.91. The highest BCUT2D eigenvalue weighted by Gasteiger charge is 2.09. The molecule has 0 atom stereocenters. The average Bonchev–Trinajstić information content (AvgIpc) is 3.09. The van der Waals surface area contributed by atoms with E-state index in [2.05, 4.69) is 60.3 Å². The van der Waals surface area contributed by atoms with E-state index in [1.165, 1.54) is 24.8 Å². The predicted octanol–water partition coefficient (Wildman–Crippen LogP) is 5.09. The lowest BCUT2D eigenvalue weighted by atomic mass is 9.89. The van der Waals surface area contributed by atoms with Gasteiger partial charge in [-0.25, -0.2) is 4.68 Å². The van der Waals surface area contributed by atoms with E-state index >= 15 is 0 Å². The van der Waals surface area contributed by atoms with Gasteiger partial charge in [-0.1, -0.05) is 50.6 Å². The molecule has 0 fully saturated rings. The summed E-state index contributed by atoms with van der Waals surface area (Å²) < 4.78 is 1.80. The fourth-order valence-corrected chi connectivity index (χ4v) is 2.82. The van der Waals surface area contributed by atoms with Crippen LogP contribution in [0.15, 0.2) is 54.9 Å². The average molecular weight is 334 g/mol. The maximum atomic E-state index is 4.31. The van der Waals surface area contributed by atoms with Crippen molar-refractivity contribution in [3.8, 4) is 17.1 Å². The number of unbranched alkanes of at least 4 members (excludes halogenated alkanes) is 1. The number of hydrogen-bond donors (Lipinski definition) is 0. The Morgan fingerprint density at radius 1 is 0.920 bits per heavy atom. The van der Waals surface area contributed by atoms with Crippen LogP contribution in [0.2, 0.25) is 0 Å². The molecule has 3 rings (SSSR count). The van der Waals surface area contributed by atoms with Gasteiger partial charge in [-0.2, -0.15) is 0 Å². The summed E-state index contributed by atoms with van der Waals surface area (Å²) in [6.07, 6.45) is 8.61. The Morgan fingerprint density at radius 3 is 2.40 bits per heavy atom. The van der Waals surface area contributed by atoms with E-state index in [4.69, 9.17) is 0 Å². The van der Waals surface area contributed by atoms with Crippen LogP contribution in [-0.2, 0) is 6.42 Å². The van der Waals surface area contributed by atoms with Gasteiger partial charge < -0.3 is 0 Å². The van der Waals surface area contributed by atoms with Gasteiger partial charge in [0.2, 0.25) is 0 Å². The van der Waals surface area contributed by atoms with Crippen LogP contribution in [0.4, 0.5) is 0 Å². The van der Waals surface area contributed by atoms with Crippen LogP contribution >= 0.6 is 0 Å². The van der Waals surface area contributed by atoms with Crippen LogP contribution in [0.25, 0.3) is 17.1 Å². The molecule has 4 heteroatoms. The SMILES string of the molecule is CC(C)(C)CCCCc1ccc(-n2cc(-c3ccccn3)nn2)cc1. The highest BCUT2D eigenvalue weighted by Crippen LogP contribution is 2.22. The second-order valence-corrected chi connectivity index (χ2v) is 7.70. The minimum Gasteiger partial charge on any atom is -0.254 e. The number of rotatable bonds is 6. The summed E-state index contributed by atoms with van der Waals surface area (Å²) in [7, 11) is 0. The molecule has 3 aromatic rings. The maximum absolute atomic E-state index is 4.31. The van der Waals surface area contributed by atoms with Crippen LogP contribution < -0.4 is 0 Å². The summed E-state index contributed by atoms with van der Waals surface area (Å²) in [5, 5.41) is 8.44. The molecule has 0 unspecified atom stereocenters. The first-order valence-corrected chi connectivity index (χ1v) is 8.94. The van der Waals surface area contributed by atoms with E-state index in [0.29, 0.717) is 5.41 Å². The number of aryl methyl sites for hydroxylation is 1. The van der Waals surface area contributed by atoms with Crippen molar-refractivity contribution in [3.63, 3.8) is 0 Å². The van der Waals surface area contributed by atoms with Gasteiger partial charge in [0.25, 0.3) is 0 Å². The van der Waals surface area contributed by atoms with Crippen molar-refractivity contribution in [1.29, 1.82) is 0 Å². The molecule has 2 aromatic heterocycles. The molecule has 4 nitrogen and oxygen atoms in total. The molecule has 0 bridgehead atoms. The first-order chi connectivity index (χ1) is 12.0. The molecular formula is C21H26N4. The topological polar surface area (TPSA) is 43.6 Å². The molecule has 0 aliphatic heterocycles. The zero-order chi connectivity index (χ0) is 17.7. The Kier molecular flexibility index (Phi) is 5.27. The zero-order valence-electron chi connectivity index (χ0n) is 15.3. The summed E-state index contributed by atoms with van der Waals surface area (Å²) >= 11 is 0. The number of pyridine rings is 1. The number of benzene rings is 1. The van der Waals surface area contributed by atoms with Crippen LogP contribution in [0.3, 0.4) is 0 Å². The van der Waals surface area contributed by atoms with Gasteiger partial charge in [-0.05, 0) is 54.5 Å². The molecule has 0 radical (unpaired) electrons. The third-order valence-electron chi connectivity index (χ3n) is 4.26. The molecule has 130 valence electrons. The van der Waals surface area contributed by atoms with Crippen molar-refractivity contribution in [2.45, 2.75) is 46.5 Å².